The Morgan fingerprint density at radius 2 is 1.14 bits per heavy atom. The molecule has 0 spiro atoms. The van der Waals surface area contributed by atoms with Crippen LogP contribution in [-0.4, -0.2) is 20.0 Å². The molecule has 0 N–H and O–H groups in total. The van der Waals surface area contributed by atoms with Gasteiger partial charge in [-0.3, -0.25) is 4.18 Å². The quantitative estimate of drug-likeness (QED) is 0.343. The van der Waals surface area contributed by atoms with Crippen LogP contribution in [0, 0.1) is 47.3 Å². The molecule has 0 aromatic rings. The van der Waals surface area contributed by atoms with Crippen molar-refractivity contribution in [3.8, 4) is 0 Å². The topological polar surface area (TPSA) is 43.4 Å². The van der Waals surface area contributed by atoms with Crippen LogP contribution in [0.15, 0.2) is 0 Å². The fraction of sp³-hybridized carbons (Fsp3) is 1.00. The maximum Gasteiger partial charge on any atom is 0.523 e. The summed E-state index contributed by atoms with van der Waals surface area (Å²) >= 11 is 0. The van der Waals surface area contributed by atoms with Gasteiger partial charge in [-0.2, -0.15) is 21.6 Å². The second kappa shape index (κ2) is 9.46. The van der Waals surface area contributed by atoms with Crippen molar-refractivity contribution in [2.45, 2.75) is 91.7 Å². The van der Waals surface area contributed by atoms with Crippen LogP contribution >= 0.6 is 0 Å². The monoisotopic (exact) mass is 440 g/mol. The first-order chi connectivity index (χ1) is 13.2. The number of hydrogen-bond acceptors (Lipinski definition) is 3. The molecule has 0 radical (unpaired) electrons. The van der Waals surface area contributed by atoms with Gasteiger partial charge in [0.1, 0.15) is 0 Å². The largest absolute Gasteiger partial charge is 0.523 e. The molecule has 0 amide bonds. The van der Waals surface area contributed by atoms with E-state index in [1.807, 2.05) is 0 Å². The van der Waals surface area contributed by atoms with Crippen molar-refractivity contribution in [1.29, 1.82) is 0 Å². The maximum atomic E-state index is 13.3. The summed E-state index contributed by atoms with van der Waals surface area (Å²) in [6.07, 6.45) is 4.48. The molecule has 0 saturated heterocycles. The van der Waals surface area contributed by atoms with Crippen LogP contribution in [0.4, 0.5) is 13.2 Å². The molecule has 172 valence electrons. The lowest BCUT2D eigenvalue weighted by Crippen LogP contribution is -2.48. The van der Waals surface area contributed by atoms with Gasteiger partial charge in [0, 0.05) is 0 Å². The summed E-state index contributed by atoms with van der Waals surface area (Å²) in [7, 11) is -5.63. The minimum absolute atomic E-state index is 0.160. The predicted octanol–water partition coefficient (Wildman–Crippen LogP) is 6.64. The zero-order valence-corrected chi connectivity index (χ0v) is 19.5. The summed E-state index contributed by atoms with van der Waals surface area (Å²) < 4.78 is 69.3. The summed E-state index contributed by atoms with van der Waals surface area (Å²) in [6, 6.07) is 0. The molecule has 0 aromatic carbocycles. The van der Waals surface area contributed by atoms with Crippen molar-refractivity contribution in [1.82, 2.24) is 0 Å². The summed E-state index contributed by atoms with van der Waals surface area (Å²) in [6.45, 7) is 12.6. The molecule has 2 rings (SSSR count). The highest BCUT2D eigenvalue weighted by Crippen LogP contribution is 2.49. The lowest BCUT2D eigenvalue weighted by atomic mass is 9.60. The van der Waals surface area contributed by atoms with Crippen molar-refractivity contribution in [2.24, 2.45) is 47.3 Å². The van der Waals surface area contributed by atoms with E-state index in [1.54, 1.807) is 0 Å². The van der Waals surface area contributed by atoms with E-state index in [4.69, 9.17) is 4.18 Å². The van der Waals surface area contributed by atoms with E-state index < -0.39 is 21.7 Å². The highest BCUT2D eigenvalue weighted by molar-refractivity contribution is 7.87. The Morgan fingerprint density at radius 3 is 1.45 bits per heavy atom. The molecule has 29 heavy (non-hydrogen) atoms. The highest BCUT2D eigenvalue weighted by atomic mass is 32.2. The fourth-order valence-electron chi connectivity index (χ4n) is 5.97. The van der Waals surface area contributed by atoms with E-state index in [9.17, 15) is 21.6 Å². The summed E-state index contributed by atoms with van der Waals surface area (Å²) in [5.41, 5.74) is -5.38. The first-order valence-electron chi connectivity index (χ1n) is 11.2. The van der Waals surface area contributed by atoms with Gasteiger partial charge in [0.15, 0.2) is 0 Å². The van der Waals surface area contributed by atoms with Crippen LogP contribution in [0.5, 0.6) is 0 Å². The molecule has 3 nitrogen and oxygen atoms in total. The van der Waals surface area contributed by atoms with Crippen LogP contribution in [0.1, 0.15) is 80.1 Å². The lowest BCUT2D eigenvalue weighted by molar-refractivity contribution is -0.0813. The molecule has 2 aliphatic rings. The van der Waals surface area contributed by atoms with Gasteiger partial charge in [0.25, 0.3) is 0 Å². The van der Waals surface area contributed by atoms with Crippen LogP contribution in [0.3, 0.4) is 0 Å². The van der Waals surface area contributed by atoms with Gasteiger partial charge in [-0.25, -0.2) is 0 Å². The normalized spacial score (nSPS) is 35.8. The van der Waals surface area contributed by atoms with Crippen LogP contribution in [0.25, 0.3) is 0 Å². The Hall–Kier alpha value is -0.300. The minimum Gasteiger partial charge on any atom is -0.259 e. The molecule has 2 aliphatic carbocycles. The number of rotatable bonds is 6. The number of hydrogen-bond donors (Lipinski definition) is 0. The molecule has 0 bridgehead atoms. The Labute approximate surface area is 175 Å². The number of alkyl halides is 3. The zero-order chi connectivity index (χ0) is 22.1. The van der Waals surface area contributed by atoms with Gasteiger partial charge in [-0.05, 0) is 73.0 Å². The molecule has 0 heterocycles. The first kappa shape index (κ1) is 25.0. The smallest absolute Gasteiger partial charge is 0.259 e. The van der Waals surface area contributed by atoms with Gasteiger partial charge < -0.3 is 0 Å². The van der Waals surface area contributed by atoms with Gasteiger partial charge in [0.2, 0.25) is 0 Å². The second-order valence-corrected chi connectivity index (χ2v) is 12.0. The molecule has 0 aliphatic heterocycles. The zero-order valence-electron chi connectivity index (χ0n) is 18.7. The second-order valence-electron chi connectivity index (χ2n) is 10.4. The van der Waals surface area contributed by atoms with Crippen LogP contribution < -0.4 is 0 Å². The van der Waals surface area contributed by atoms with Gasteiger partial charge in [-0.15, -0.1) is 0 Å². The molecule has 2 saturated carbocycles. The van der Waals surface area contributed by atoms with Crippen molar-refractivity contribution in [3.63, 3.8) is 0 Å². The molecule has 2 fully saturated rings. The molecule has 6 atom stereocenters. The van der Waals surface area contributed by atoms with Gasteiger partial charge >= 0.3 is 15.6 Å². The average Bonchev–Trinajstić information content (AvgIpc) is 2.58. The fourth-order valence-corrected chi connectivity index (χ4v) is 6.66. The number of halogens is 3. The summed E-state index contributed by atoms with van der Waals surface area (Å²) in [4.78, 5) is 0. The molecule has 0 aromatic heterocycles. The van der Waals surface area contributed by atoms with E-state index in [0.717, 1.165) is 38.5 Å². The Kier molecular flexibility index (Phi) is 8.14. The van der Waals surface area contributed by atoms with Crippen molar-refractivity contribution in [3.05, 3.63) is 0 Å². The van der Waals surface area contributed by atoms with Crippen LogP contribution in [0.2, 0.25) is 0 Å². The molecular weight excluding hydrogens is 401 g/mol. The minimum atomic E-state index is -5.63. The average molecular weight is 441 g/mol. The first-order valence-corrected chi connectivity index (χ1v) is 12.6. The van der Waals surface area contributed by atoms with Crippen molar-refractivity contribution < 1.29 is 25.8 Å². The van der Waals surface area contributed by atoms with E-state index in [-0.39, 0.29) is 35.5 Å². The Morgan fingerprint density at radius 1 is 0.759 bits per heavy atom. The van der Waals surface area contributed by atoms with E-state index in [2.05, 4.69) is 41.5 Å². The lowest BCUT2D eigenvalue weighted by Gasteiger charge is -2.48. The van der Waals surface area contributed by atoms with Crippen molar-refractivity contribution in [2.75, 3.05) is 0 Å². The van der Waals surface area contributed by atoms with E-state index in [0.29, 0.717) is 11.8 Å². The Bertz CT molecular complexity index is 598. The molecule has 7 heteroatoms. The molecular formula is C22H39F3O3S. The third-order valence-corrected chi connectivity index (χ3v) is 8.55. The van der Waals surface area contributed by atoms with Gasteiger partial charge in [0.05, 0.1) is 6.10 Å². The van der Waals surface area contributed by atoms with E-state index >= 15 is 0 Å². The standard InChI is InChI=1S/C22H39F3O3S/c1-13(2)17-9-7-15(5)11-19(17)21(28-29(26,27)22(23,24)25)20-12-16(6)8-10-18(20)14(3)4/h13-21H,7-12H2,1-6H3. The third kappa shape index (κ3) is 5.90. The maximum absolute atomic E-state index is 13.3. The van der Waals surface area contributed by atoms with Crippen molar-refractivity contribution >= 4 is 10.1 Å². The highest BCUT2D eigenvalue weighted by Gasteiger charge is 2.53. The SMILES string of the molecule is CC1CCC(C(C)C)C(C(OS(=O)(=O)C(F)(F)F)C2CC(C)CCC2C(C)C)C1. The van der Waals surface area contributed by atoms with E-state index in [1.165, 1.54) is 0 Å². The molecule has 6 unspecified atom stereocenters. The van der Waals surface area contributed by atoms with Gasteiger partial charge in [-0.1, -0.05) is 54.4 Å². The summed E-state index contributed by atoms with van der Waals surface area (Å²) in [5.74, 6) is 1.35. The summed E-state index contributed by atoms with van der Waals surface area (Å²) in [5, 5.41) is 0. The van der Waals surface area contributed by atoms with Crippen LogP contribution in [-0.2, 0) is 14.3 Å². The Balaban J connectivity index is 2.49. The third-order valence-electron chi connectivity index (χ3n) is 7.51. The predicted molar refractivity (Wildman–Crippen MR) is 110 cm³/mol.